The molecule has 5 heteroatoms. The van der Waals surface area contributed by atoms with Crippen LogP contribution in [0.5, 0.6) is 0 Å². The second kappa shape index (κ2) is 5.97. The minimum absolute atomic E-state index is 0. The first-order valence-electron chi connectivity index (χ1n) is 5.71. The van der Waals surface area contributed by atoms with Gasteiger partial charge in [-0.1, -0.05) is 19.5 Å². The van der Waals surface area contributed by atoms with Crippen molar-refractivity contribution in [2.75, 3.05) is 0 Å². The third-order valence-electron chi connectivity index (χ3n) is 3.07. The molecular formula is C14H15N2O2Y+2. The third kappa shape index (κ3) is 2.95. The van der Waals surface area contributed by atoms with Crippen LogP contribution in [0.15, 0.2) is 27.8 Å². The van der Waals surface area contributed by atoms with Crippen LogP contribution < -0.4 is 11.2 Å². The molecule has 2 rings (SSSR count). The van der Waals surface area contributed by atoms with Gasteiger partial charge in [0.25, 0.3) is 0 Å². The molecule has 4 nitrogen and oxygen atoms in total. The predicted octanol–water partition coefficient (Wildman–Crippen LogP) is 1.26. The van der Waals surface area contributed by atoms with Crippen LogP contribution in [-0.4, -0.2) is 9.13 Å². The largest absolute Gasteiger partial charge is 3.00 e. The van der Waals surface area contributed by atoms with Crippen LogP contribution in [0.1, 0.15) is 16.8 Å². The van der Waals surface area contributed by atoms with Crippen LogP contribution in [0.2, 0.25) is 0 Å². The summed E-state index contributed by atoms with van der Waals surface area (Å²) in [5.74, 6) is 0. The Hall–Kier alpha value is -0.996. The first-order chi connectivity index (χ1) is 8.41. The third-order valence-corrected chi connectivity index (χ3v) is 3.07. The molecule has 2 aromatic rings. The van der Waals surface area contributed by atoms with Gasteiger partial charge in [-0.2, -0.15) is 23.8 Å². The zero-order valence-corrected chi connectivity index (χ0v) is 14.4. The second-order valence-electron chi connectivity index (χ2n) is 4.49. The van der Waals surface area contributed by atoms with Gasteiger partial charge < -0.3 is 4.57 Å². The summed E-state index contributed by atoms with van der Waals surface area (Å²) < 4.78 is 2.64. The predicted molar refractivity (Wildman–Crippen MR) is 70.3 cm³/mol. The molecule has 0 saturated carbocycles. The molecule has 0 saturated heterocycles. The first-order valence-corrected chi connectivity index (χ1v) is 5.71. The number of nitrogens with zero attached hydrogens (tertiary/aromatic N) is 2. The van der Waals surface area contributed by atoms with Crippen molar-refractivity contribution < 1.29 is 32.7 Å². The van der Waals surface area contributed by atoms with E-state index in [0.29, 0.717) is 11.4 Å². The van der Waals surface area contributed by atoms with E-state index in [1.165, 1.54) is 15.2 Å². The molecule has 19 heavy (non-hydrogen) atoms. The van der Waals surface area contributed by atoms with Crippen LogP contribution in [0.4, 0.5) is 0 Å². The molecule has 1 aromatic heterocycles. The van der Waals surface area contributed by atoms with E-state index in [1.807, 2.05) is 19.9 Å². The van der Waals surface area contributed by atoms with Crippen molar-refractivity contribution in [3.63, 3.8) is 0 Å². The number of aromatic nitrogens is 2. The van der Waals surface area contributed by atoms with Crippen molar-refractivity contribution in [1.29, 1.82) is 0 Å². The Balaban J connectivity index is 0.00000180. The fraction of sp³-hybridized carbons (Fsp3) is 0.286. The van der Waals surface area contributed by atoms with Crippen molar-refractivity contribution in [3.05, 3.63) is 61.9 Å². The summed E-state index contributed by atoms with van der Waals surface area (Å²) in [6.07, 6.45) is 0. The Morgan fingerprint density at radius 3 is 2.32 bits per heavy atom. The Bertz CT molecular complexity index is 729. The van der Waals surface area contributed by atoms with Crippen molar-refractivity contribution in [1.82, 2.24) is 9.13 Å². The Morgan fingerprint density at radius 2 is 1.74 bits per heavy atom. The van der Waals surface area contributed by atoms with Crippen molar-refractivity contribution >= 4 is 0 Å². The molecule has 0 aliphatic rings. The first kappa shape index (κ1) is 16.1. The van der Waals surface area contributed by atoms with Gasteiger partial charge in [0, 0.05) is 18.8 Å². The van der Waals surface area contributed by atoms with Gasteiger partial charge in [-0.05, 0) is 6.92 Å². The fourth-order valence-electron chi connectivity index (χ4n) is 1.93. The minimum Gasteiger partial charge on any atom is -0.301 e. The average Bonchev–Trinajstić information content (AvgIpc) is 2.29. The monoisotopic (exact) mass is 332 g/mol. The molecule has 0 radical (unpaired) electrons. The van der Waals surface area contributed by atoms with Gasteiger partial charge in [0.05, 0.1) is 0 Å². The average molecular weight is 332 g/mol. The smallest absolute Gasteiger partial charge is 0.301 e. The number of hydrogen-bond donors (Lipinski definition) is 0. The fourth-order valence-corrected chi connectivity index (χ4v) is 1.93. The summed E-state index contributed by atoms with van der Waals surface area (Å²) in [7, 11) is 1.65. The molecule has 0 spiro atoms. The van der Waals surface area contributed by atoms with E-state index in [0.717, 1.165) is 11.1 Å². The van der Waals surface area contributed by atoms with Crippen LogP contribution in [0, 0.1) is 26.8 Å². The molecule has 0 bridgehead atoms. The summed E-state index contributed by atoms with van der Waals surface area (Å²) in [6, 6.07) is 8.07. The molecule has 94 valence electrons. The van der Waals surface area contributed by atoms with Gasteiger partial charge in [0.2, 0.25) is 5.56 Å². The van der Waals surface area contributed by atoms with Gasteiger partial charge in [0.1, 0.15) is 0 Å². The van der Waals surface area contributed by atoms with Gasteiger partial charge >= 0.3 is 38.4 Å². The zero-order chi connectivity index (χ0) is 13.4. The molecule has 1 aromatic carbocycles. The quantitative estimate of drug-likeness (QED) is 0.738. The Labute approximate surface area is 137 Å². The second-order valence-corrected chi connectivity index (χ2v) is 4.49. The van der Waals surface area contributed by atoms with Crippen LogP contribution in [-0.2, 0) is 39.8 Å². The molecule has 0 unspecified atom stereocenters. The molecule has 0 atom stereocenters. The van der Waals surface area contributed by atoms with E-state index >= 15 is 0 Å². The summed E-state index contributed by atoms with van der Waals surface area (Å²) >= 11 is 0. The normalized spacial score (nSPS) is 10.1. The number of benzene rings is 1. The molecule has 0 fully saturated rings. The van der Waals surface area contributed by atoms with Gasteiger partial charge in [-0.25, -0.2) is 4.79 Å². The molecule has 0 N–H and O–H groups in total. The molecule has 0 amide bonds. The van der Waals surface area contributed by atoms with E-state index in [4.69, 9.17) is 0 Å². The van der Waals surface area contributed by atoms with Crippen LogP contribution in [0.3, 0.4) is 0 Å². The Morgan fingerprint density at radius 1 is 1.11 bits per heavy atom. The van der Waals surface area contributed by atoms with Gasteiger partial charge in [-0.3, -0.25) is 9.36 Å². The Kier molecular flexibility index (Phi) is 5.05. The summed E-state index contributed by atoms with van der Waals surface area (Å²) in [4.78, 5) is 24.1. The minimum atomic E-state index is -0.333. The van der Waals surface area contributed by atoms with Crippen molar-refractivity contribution in [2.24, 2.45) is 7.05 Å². The van der Waals surface area contributed by atoms with E-state index in [9.17, 15) is 9.59 Å². The van der Waals surface area contributed by atoms with Gasteiger partial charge in [-0.15, -0.1) is 5.56 Å². The van der Waals surface area contributed by atoms with E-state index in [1.54, 1.807) is 20.0 Å². The topological polar surface area (TPSA) is 44.0 Å². The summed E-state index contributed by atoms with van der Waals surface area (Å²) in [6.45, 7) is 5.54. The zero-order valence-electron chi connectivity index (χ0n) is 11.5. The molecule has 1 heterocycles. The van der Waals surface area contributed by atoms with E-state index < -0.39 is 0 Å². The maximum absolute atomic E-state index is 12.2. The van der Waals surface area contributed by atoms with Crippen LogP contribution >= 0.6 is 0 Å². The van der Waals surface area contributed by atoms with Crippen molar-refractivity contribution in [2.45, 2.75) is 20.8 Å². The van der Waals surface area contributed by atoms with Gasteiger partial charge in [0.15, 0.2) is 0 Å². The summed E-state index contributed by atoms with van der Waals surface area (Å²) in [5.41, 5.74) is 2.46. The number of aryl methyl sites for hydroxylation is 3. The SMILES string of the molecule is Cc1[c-]cc(-n2c(=O)cc(C)n(C)c2=O)c(C)c1.[Y+3]. The van der Waals surface area contributed by atoms with Crippen LogP contribution in [0.25, 0.3) is 5.69 Å². The van der Waals surface area contributed by atoms with E-state index in [2.05, 4.69) is 6.07 Å². The van der Waals surface area contributed by atoms with E-state index in [-0.39, 0.29) is 44.0 Å². The number of rotatable bonds is 1. The maximum Gasteiger partial charge on any atom is 3.00 e. The standard InChI is InChI=1S/C14H15N2O2.Y/c1-9-5-6-12(10(2)7-9)16-13(17)8-11(3)15(4)14(16)18;/h6-8H,1-4H3;/q-1;+3. The number of hydrogen-bond acceptors (Lipinski definition) is 2. The molecule has 0 aliphatic carbocycles. The summed E-state index contributed by atoms with van der Waals surface area (Å²) in [5, 5.41) is 0. The van der Waals surface area contributed by atoms with Crippen molar-refractivity contribution in [3.8, 4) is 5.69 Å². The maximum atomic E-state index is 12.2. The molecule has 0 aliphatic heterocycles. The molecular weight excluding hydrogens is 317 g/mol.